The summed E-state index contributed by atoms with van der Waals surface area (Å²) in [6.07, 6.45) is 2.79. The van der Waals surface area contributed by atoms with E-state index >= 15 is 0 Å². The van der Waals surface area contributed by atoms with Gasteiger partial charge in [0.1, 0.15) is 0 Å². The molecule has 1 radical (unpaired) electrons. The molecule has 1 heterocycles. The van der Waals surface area contributed by atoms with Gasteiger partial charge in [-0.05, 0) is 36.4 Å². The van der Waals surface area contributed by atoms with E-state index in [0.29, 0.717) is 11.3 Å². The molecule has 0 spiro atoms. The van der Waals surface area contributed by atoms with Gasteiger partial charge in [0.15, 0.2) is 5.78 Å². The van der Waals surface area contributed by atoms with Crippen molar-refractivity contribution < 1.29 is 38.8 Å². The summed E-state index contributed by atoms with van der Waals surface area (Å²) in [5.41, 5.74) is 0.857. The number of carbonyl (C=O) groups excluding carboxylic acids is 1. The fraction of sp³-hybridized carbons (Fsp3) is 0.100. The molecule has 0 aliphatic carbocycles. The first-order valence-corrected chi connectivity index (χ1v) is 7.47. The molecule has 2 aromatic carbocycles. The van der Waals surface area contributed by atoms with E-state index in [1.165, 1.54) is 26.0 Å². The summed E-state index contributed by atoms with van der Waals surface area (Å²) in [5.74, 6) is -1.41. The molecule has 3 rings (SSSR count). The summed E-state index contributed by atoms with van der Waals surface area (Å²) in [6, 6.07) is 13.9. The second-order valence-electron chi connectivity index (χ2n) is 5.34. The fourth-order valence-electron chi connectivity index (χ4n) is 2.26. The van der Waals surface area contributed by atoms with E-state index in [1.54, 1.807) is 6.20 Å². The number of carbonyl (C=O) groups is 1. The molecule has 6 heteroatoms. The average molecular weight is 533 g/mol. The third-order valence-electron chi connectivity index (χ3n) is 3.14. The van der Waals surface area contributed by atoms with Crippen molar-refractivity contribution in [2.45, 2.75) is 13.8 Å². The molecule has 1 N–H and O–H groups in total. The third-order valence-corrected chi connectivity index (χ3v) is 3.14. The number of benzene rings is 2. The Balaban J connectivity index is 0.000000366. The van der Waals surface area contributed by atoms with Crippen molar-refractivity contribution in [1.82, 2.24) is 4.98 Å². The average Bonchev–Trinajstić information content (AvgIpc) is 2.52. The molecule has 0 unspecified atom stereocenters. The second-order valence-corrected chi connectivity index (χ2v) is 5.34. The largest absolute Gasteiger partial charge is 0.512 e. The number of pyridine rings is 1. The Kier molecular flexibility index (Phi) is 8.23. The van der Waals surface area contributed by atoms with Gasteiger partial charge in [-0.2, -0.15) is 0 Å². The van der Waals surface area contributed by atoms with Crippen LogP contribution >= 0.6 is 0 Å². The normalized spacial score (nSPS) is 10.5. The molecule has 0 atom stereocenters. The van der Waals surface area contributed by atoms with E-state index in [1.807, 2.05) is 30.3 Å². The summed E-state index contributed by atoms with van der Waals surface area (Å²) in [5, 5.41) is 10.2. The standard InChI is InChI=1S/C15H8F2N.C5H8O2.Ir/c16-12-7-11(8-13(17)9-12)15-14-4-2-1-3-10(14)5-6-18-15;1-4(6)3-5(2)7;/h1-7,9H;3,6H,1-2H3;/q-1;;. The van der Waals surface area contributed by atoms with Crippen LogP contribution in [0.2, 0.25) is 0 Å². The summed E-state index contributed by atoms with van der Waals surface area (Å²) in [6.45, 7) is 2.85. The molecule has 0 saturated heterocycles. The number of hydrogen-bond donors (Lipinski definition) is 1. The van der Waals surface area contributed by atoms with Crippen molar-refractivity contribution in [3.05, 3.63) is 78.2 Å². The minimum absolute atomic E-state index is 0. The second kappa shape index (κ2) is 9.90. The van der Waals surface area contributed by atoms with Crippen molar-refractivity contribution in [2.24, 2.45) is 0 Å². The monoisotopic (exact) mass is 533 g/mol. The van der Waals surface area contributed by atoms with E-state index in [-0.39, 0.29) is 31.6 Å². The summed E-state index contributed by atoms with van der Waals surface area (Å²) in [7, 11) is 0. The minimum atomic E-state index is -0.722. The predicted molar refractivity (Wildman–Crippen MR) is 93.0 cm³/mol. The zero-order valence-electron chi connectivity index (χ0n) is 14.1. The van der Waals surface area contributed by atoms with Gasteiger partial charge in [-0.3, -0.25) is 4.79 Å². The number of halogens is 2. The number of aliphatic hydroxyl groups excluding tert-OH is 1. The van der Waals surface area contributed by atoms with Crippen LogP contribution in [-0.4, -0.2) is 15.9 Å². The topological polar surface area (TPSA) is 50.2 Å². The van der Waals surface area contributed by atoms with Crippen molar-refractivity contribution in [2.75, 3.05) is 0 Å². The van der Waals surface area contributed by atoms with Gasteiger partial charge < -0.3 is 10.1 Å². The van der Waals surface area contributed by atoms with E-state index < -0.39 is 11.6 Å². The molecule has 0 aliphatic heterocycles. The van der Waals surface area contributed by atoms with Crippen LogP contribution in [0.4, 0.5) is 8.78 Å². The van der Waals surface area contributed by atoms with Crippen LogP contribution in [0.15, 0.2) is 60.5 Å². The van der Waals surface area contributed by atoms with Crippen molar-refractivity contribution in [3.63, 3.8) is 0 Å². The Hall–Kier alpha value is -2.43. The molecule has 137 valence electrons. The van der Waals surface area contributed by atoms with Gasteiger partial charge in [-0.15, -0.1) is 17.7 Å². The number of ketones is 1. The van der Waals surface area contributed by atoms with Crippen LogP contribution in [0.5, 0.6) is 0 Å². The first kappa shape index (κ1) is 21.6. The number of nitrogens with zero attached hydrogens (tertiary/aromatic N) is 1. The molecule has 0 bridgehead atoms. The molecule has 0 aliphatic rings. The van der Waals surface area contributed by atoms with Gasteiger partial charge in [0.25, 0.3) is 0 Å². The molecule has 26 heavy (non-hydrogen) atoms. The number of aliphatic hydroxyl groups is 1. The quantitative estimate of drug-likeness (QED) is 0.287. The van der Waals surface area contributed by atoms with Gasteiger partial charge >= 0.3 is 0 Å². The van der Waals surface area contributed by atoms with Crippen LogP contribution in [0.1, 0.15) is 13.8 Å². The van der Waals surface area contributed by atoms with E-state index in [0.717, 1.165) is 16.8 Å². The van der Waals surface area contributed by atoms with E-state index in [9.17, 15) is 13.6 Å². The molecule has 3 nitrogen and oxygen atoms in total. The molecular formula is C20H16F2IrNO2-. The van der Waals surface area contributed by atoms with Gasteiger partial charge in [0.05, 0.1) is 5.76 Å². The summed E-state index contributed by atoms with van der Waals surface area (Å²) >= 11 is 0. The van der Waals surface area contributed by atoms with Crippen LogP contribution in [0, 0.1) is 17.7 Å². The molecular weight excluding hydrogens is 516 g/mol. The van der Waals surface area contributed by atoms with Gasteiger partial charge in [-0.1, -0.05) is 30.3 Å². The van der Waals surface area contributed by atoms with Crippen LogP contribution in [0.3, 0.4) is 0 Å². The molecule has 1 aromatic heterocycles. The van der Waals surface area contributed by atoms with Gasteiger partial charge in [-0.25, -0.2) is 8.78 Å². The zero-order valence-corrected chi connectivity index (χ0v) is 16.5. The number of allylic oxidation sites excluding steroid dienone is 2. The fourth-order valence-corrected chi connectivity index (χ4v) is 2.26. The Morgan fingerprint density at radius 3 is 2.42 bits per heavy atom. The molecule has 0 amide bonds. The minimum Gasteiger partial charge on any atom is -0.512 e. The van der Waals surface area contributed by atoms with E-state index in [4.69, 9.17) is 5.11 Å². The maximum atomic E-state index is 13.2. The molecule has 3 aromatic rings. The van der Waals surface area contributed by atoms with E-state index in [2.05, 4.69) is 11.1 Å². The summed E-state index contributed by atoms with van der Waals surface area (Å²) < 4.78 is 26.4. The van der Waals surface area contributed by atoms with Gasteiger partial charge in [0, 0.05) is 44.0 Å². The van der Waals surface area contributed by atoms with Crippen LogP contribution in [-0.2, 0) is 24.9 Å². The summed E-state index contributed by atoms with van der Waals surface area (Å²) in [4.78, 5) is 14.2. The first-order valence-electron chi connectivity index (χ1n) is 7.47. The Morgan fingerprint density at radius 2 is 1.85 bits per heavy atom. The zero-order chi connectivity index (χ0) is 18.4. The molecule has 0 saturated carbocycles. The SMILES string of the molecule is CC(=O)C=C(C)O.Fc1[c-]c(-c2nccc3ccccc23)cc(F)c1.[Ir]. The van der Waals surface area contributed by atoms with Crippen molar-refractivity contribution in [1.29, 1.82) is 0 Å². The smallest absolute Gasteiger partial charge is 0.155 e. The Bertz CT molecular complexity index is 912. The number of fused-ring (bicyclic) bond motifs is 1. The van der Waals surface area contributed by atoms with Crippen molar-refractivity contribution >= 4 is 16.6 Å². The van der Waals surface area contributed by atoms with Crippen molar-refractivity contribution in [3.8, 4) is 11.3 Å². The first-order chi connectivity index (χ1) is 11.9. The maximum Gasteiger partial charge on any atom is 0.155 e. The number of hydrogen-bond acceptors (Lipinski definition) is 3. The Morgan fingerprint density at radius 1 is 1.15 bits per heavy atom. The van der Waals surface area contributed by atoms with Crippen LogP contribution < -0.4 is 0 Å². The predicted octanol–water partition coefficient (Wildman–Crippen LogP) is 5.01. The third kappa shape index (κ3) is 6.13. The number of aromatic nitrogens is 1. The Labute approximate surface area is 163 Å². The maximum absolute atomic E-state index is 13.2. The molecule has 0 fully saturated rings. The van der Waals surface area contributed by atoms with Gasteiger partial charge in [0.2, 0.25) is 0 Å². The number of rotatable bonds is 2. The van der Waals surface area contributed by atoms with Crippen LogP contribution in [0.25, 0.3) is 22.0 Å².